The molecule has 2 rings (SSSR count). The average molecular weight is 344 g/mol. The van der Waals surface area contributed by atoms with Gasteiger partial charge >= 0.3 is 0 Å². The zero-order chi connectivity index (χ0) is 17.9. The first-order valence-electron chi connectivity index (χ1n) is 7.97. The number of hydrogen-bond donors (Lipinski definition) is 2. The summed E-state index contributed by atoms with van der Waals surface area (Å²) >= 11 is 0. The summed E-state index contributed by atoms with van der Waals surface area (Å²) in [5.41, 5.74) is 15.1. The molecule has 0 spiro atoms. The number of allylic oxidation sites excluding steroid dienone is 1. The van der Waals surface area contributed by atoms with Crippen molar-refractivity contribution >= 4 is 26.8 Å². The standard InChI is InChI=1S/C19H24N2O2S/c1-4-8-16(14-9-6-5-7-10-14)15-11-17(20)19(21)18(12-15)24(22,23)13(2)3/h5-13H,4,20-21H2,1-3H3. The van der Waals surface area contributed by atoms with Gasteiger partial charge in [0.15, 0.2) is 9.84 Å². The van der Waals surface area contributed by atoms with Crippen LogP contribution in [-0.2, 0) is 9.84 Å². The summed E-state index contributed by atoms with van der Waals surface area (Å²) in [5.74, 6) is 0. The molecule has 0 unspecified atom stereocenters. The van der Waals surface area contributed by atoms with Crippen LogP contribution in [0.2, 0.25) is 0 Å². The van der Waals surface area contributed by atoms with Crippen LogP contribution >= 0.6 is 0 Å². The molecule has 4 N–H and O–H groups in total. The first kappa shape index (κ1) is 18.1. The van der Waals surface area contributed by atoms with Crippen molar-refractivity contribution in [3.05, 3.63) is 59.7 Å². The maximum atomic E-state index is 12.6. The molecule has 4 nitrogen and oxygen atoms in total. The number of nitrogen functional groups attached to an aromatic ring is 2. The highest BCUT2D eigenvalue weighted by molar-refractivity contribution is 7.92. The summed E-state index contributed by atoms with van der Waals surface area (Å²) in [6, 6.07) is 13.2. The quantitative estimate of drug-likeness (QED) is 0.806. The van der Waals surface area contributed by atoms with Crippen LogP contribution in [0.15, 0.2) is 53.4 Å². The predicted molar refractivity (Wildman–Crippen MR) is 101 cm³/mol. The van der Waals surface area contributed by atoms with Gasteiger partial charge in [0.2, 0.25) is 0 Å². The minimum atomic E-state index is -3.52. The van der Waals surface area contributed by atoms with E-state index in [2.05, 4.69) is 6.08 Å². The van der Waals surface area contributed by atoms with Crippen LogP contribution in [0.3, 0.4) is 0 Å². The molecule has 0 fully saturated rings. The number of hydrogen-bond acceptors (Lipinski definition) is 4. The molecule has 0 saturated carbocycles. The van der Waals surface area contributed by atoms with E-state index in [4.69, 9.17) is 11.5 Å². The van der Waals surface area contributed by atoms with E-state index < -0.39 is 15.1 Å². The van der Waals surface area contributed by atoms with E-state index in [1.165, 1.54) is 0 Å². The van der Waals surface area contributed by atoms with E-state index in [0.717, 1.165) is 23.1 Å². The van der Waals surface area contributed by atoms with Crippen molar-refractivity contribution in [3.63, 3.8) is 0 Å². The second kappa shape index (κ2) is 7.09. The minimum absolute atomic E-state index is 0.102. The zero-order valence-electron chi connectivity index (χ0n) is 14.3. The lowest BCUT2D eigenvalue weighted by molar-refractivity contribution is 0.588. The Kier molecular flexibility index (Phi) is 5.34. The van der Waals surface area contributed by atoms with Crippen molar-refractivity contribution in [3.8, 4) is 0 Å². The molecule has 0 aliphatic rings. The Morgan fingerprint density at radius 1 is 1.08 bits per heavy atom. The molecular weight excluding hydrogens is 320 g/mol. The summed E-state index contributed by atoms with van der Waals surface area (Å²) in [7, 11) is -3.52. The lowest BCUT2D eigenvalue weighted by Crippen LogP contribution is -2.17. The Morgan fingerprint density at radius 3 is 2.25 bits per heavy atom. The average Bonchev–Trinajstić information content (AvgIpc) is 2.55. The number of anilines is 2. The van der Waals surface area contributed by atoms with Crippen molar-refractivity contribution in [2.45, 2.75) is 37.3 Å². The fourth-order valence-electron chi connectivity index (χ4n) is 2.52. The molecule has 0 saturated heterocycles. The summed E-state index contributed by atoms with van der Waals surface area (Å²) < 4.78 is 25.2. The maximum absolute atomic E-state index is 12.6. The highest BCUT2D eigenvalue weighted by atomic mass is 32.2. The second-order valence-electron chi connectivity index (χ2n) is 5.96. The molecule has 0 amide bonds. The Balaban J connectivity index is 2.71. The topological polar surface area (TPSA) is 86.2 Å². The number of nitrogens with two attached hydrogens (primary N) is 2. The van der Waals surface area contributed by atoms with E-state index in [9.17, 15) is 8.42 Å². The fourth-order valence-corrected chi connectivity index (χ4v) is 3.74. The smallest absolute Gasteiger partial charge is 0.182 e. The predicted octanol–water partition coefficient (Wildman–Crippen LogP) is 3.87. The Morgan fingerprint density at radius 2 is 1.71 bits per heavy atom. The lowest BCUT2D eigenvalue weighted by atomic mass is 9.96. The van der Waals surface area contributed by atoms with Crippen molar-refractivity contribution in [1.29, 1.82) is 0 Å². The maximum Gasteiger partial charge on any atom is 0.182 e. The third-order valence-electron chi connectivity index (χ3n) is 3.91. The van der Waals surface area contributed by atoms with E-state index in [1.54, 1.807) is 26.0 Å². The lowest BCUT2D eigenvalue weighted by Gasteiger charge is -2.16. The zero-order valence-corrected chi connectivity index (χ0v) is 15.1. The van der Waals surface area contributed by atoms with E-state index >= 15 is 0 Å². The molecule has 0 aliphatic carbocycles. The van der Waals surface area contributed by atoms with Gasteiger partial charge in [-0.25, -0.2) is 8.42 Å². The highest BCUT2D eigenvalue weighted by Gasteiger charge is 2.24. The van der Waals surface area contributed by atoms with Crippen LogP contribution in [-0.4, -0.2) is 13.7 Å². The molecule has 0 aliphatic heterocycles. The Bertz CT molecular complexity index is 854. The molecule has 24 heavy (non-hydrogen) atoms. The third-order valence-corrected chi connectivity index (χ3v) is 6.10. The molecule has 5 heteroatoms. The molecule has 0 radical (unpaired) electrons. The molecule has 2 aromatic rings. The first-order chi connectivity index (χ1) is 11.3. The molecular formula is C19H24N2O2S. The Hall–Kier alpha value is -2.27. The van der Waals surface area contributed by atoms with Gasteiger partial charge in [0.05, 0.1) is 21.5 Å². The van der Waals surface area contributed by atoms with Gasteiger partial charge < -0.3 is 11.5 Å². The van der Waals surface area contributed by atoms with Crippen LogP contribution in [0.25, 0.3) is 5.57 Å². The van der Waals surface area contributed by atoms with Crippen LogP contribution < -0.4 is 11.5 Å². The molecule has 0 heterocycles. The van der Waals surface area contributed by atoms with Gasteiger partial charge in [-0.1, -0.05) is 43.3 Å². The van der Waals surface area contributed by atoms with Gasteiger partial charge in [-0.3, -0.25) is 0 Å². The van der Waals surface area contributed by atoms with Crippen LogP contribution in [0.5, 0.6) is 0 Å². The SMILES string of the molecule is CCC=C(c1ccccc1)c1cc(N)c(N)c(S(=O)(=O)C(C)C)c1. The molecule has 0 atom stereocenters. The van der Waals surface area contributed by atoms with Crippen molar-refractivity contribution < 1.29 is 8.42 Å². The largest absolute Gasteiger partial charge is 0.397 e. The molecule has 128 valence electrons. The van der Waals surface area contributed by atoms with Crippen LogP contribution in [0, 0.1) is 0 Å². The van der Waals surface area contributed by atoms with Crippen LogP contribution in [0.4, 0.5) is 11.4 Å². The number of rotatable bonds is 5. The highest BCUT2D eigenvalue weighted by Crippen LogP contribution is 2.34. The van der Waals surface area contributed by atoms with Gasteiger partial charge in [-0.15, -0.1) is 0 Å². The fraction of sp³-hybridized carbons (Fsp3) is 0.263. The molecule has 0 bridgehead atoms. The van der Waals surface area contributed by atoms with Crippen molar-refractivity contribution in [1.82, 2.24) is 0 Å². The summed E-state index contributed by atoms with van der Waals surface area (Å²) in [4.78, 5) is 0.102. The van der Waals surface area contributed by atoms with Gasteiger partial charge in [0, 0.05) is 0 Å². The normalized spacial score (nSPS) is 12.6. The third kappa shape index (κ3) is 3.46. The Labute approximate surface area is 144 Å². The first-order valence-corrected chi connectivity index (χ1v) is 9.52. The summed E-state index contributed by atoms with van der Waals surface area (Å²) in [5, 5.41) is -0.565. The van der Waals surface area contributed by atoms with Gasteiger partial charge in [0.1, 0.15) is 0 Å². The van der Waals surface area contributed by atoms with Crippen molar-refractivity contribution in [2.75, 3.05) is 11.5 Å². The van der Waals surface area contributed by atoms with Crippen LogP contribution in [0.1, 0.15) is 38.3 Å². The van der Waals surface area contributed by atoms with Gasteiger partial charge in [-0.05, 0) is 49.1 Å². The van der Waals surface area contributed by atoms with E-state index in [1.807, 2.05) is 37.3 Å². The van der Waals surface area contributed by atoms with Crippen molar-refractivity contribution in [2.24, 2.45) is 0 Å². The summed E-state index contributed by atoms with van der Waals surface area (Å²) in [6.45, 7) is 5.31. The monoisotopic (exact) mass is 344 g/mol. The second-order valence-corrected chi connectivity index (χ2v) is 8.44. The minimum Gasteiger partial charge on any atom is -0.397 e. The number of benzene rings is 2. The number of sulfone groups is 1. The summed E-state index contributed by atoms with van der Waals surface area (Å²) in [6.07, 6.45) is 2.88. The molecule has 0 aromatic heterocycles. The van der Waals surface area contributed by atoms with E-state index in [0.29, 0.717) is 0 Å². The molecule has 2 aromatic carbocycles. The van der Waals surface area contributed by atoms with Gasteiger partial charge in [0.25, 0.3) is 0 Å². The van der Waals surface area contributed by atoms with E-state index in [-0.39, 0.29) is 16.3 Å². The van der Waals surface area contributed by atoms with Gasteiger partial charge in [-0.2, -0.15) is 0 Å².